The molecular weight excluding hydrogens is 367 g/mol. The van der Waals surface area contributed by atoms with E-state index >= 15 is 0 Å². The standard InChI is InChI=1S/C15H13IN2O2/c1-20-14-9-5-3-7-12(14)15(19)18-17-10-11-6-2-4-8-13(11)16/h2-10H,1H3,(H,18,19)/b17-10+. The fourth-order valence-electron chi connectivity index (χ4n) is 1.63. The highest BCUT2D eigenvalue weighted by atomic mass is 127. The number of amides is 1. The number of carbonyl (C=O) groups is 1. The zero-order valence-electron chi connectivity index (χ0n) is 10.8. The summed E-state index contributed by atoms with van der Waals surface area (Å²) in [5.41, 5.74) is 3.90. The number of methoxy groups -OCH3 is 1. The highest BCUT2D eigenvalue weighted by Gasteiger charge is 2.09. The van der Waals surface area contributed by atoms with Crippen molar-refractivity contribution >= 4 is 34.7 Å². The maximum atomic E-state index is 12.0. The third-order valence-electron chi connectivity index (χ3n) is 2.63. The maximum Gasteiger partial charge on any atom is 0.275 e. The van der Waals surface area contributed by atoms with Crippen molar-refractivity contribution in [3.63, 3.8) is 0 Å². The molecule has 2 aromatic rings. The van der Waals surface area contributed by atoms with Crippen molar-refractivity contribution < 1.29 is 9.53 Å². The van der Waals surface area contributed by atoms with Crippen LogP contribution in [0.3, 0.4) is 0 Å². The number of ether oxygens (including phenoxy) is 1. The SMILES string of the molecule is COc1ccccc1C(=O)N/N=C/c1ccccc1I. The van der Waals surface area contributed by atoms with Gasteiger partial charge in [-0.2, -0.15) is 5.10 Å². The second-order valence-electron chi connectivity index (χ2n) is 3.92. The number of benzene rings is 2. The van der Waals surface area contributed by atoms with Crippen LogP contribution in [0.5, 0.6) is 5.75 Å². The largest absolute Gasteiger partial charge is 0.496 e. The number of carbonyl (C=O) groups excluding carboxylic acids is 1. The molecule has 0 heterocycles. The molecule has 102 valence electrons. The molecule has 2 aromatic carbocycles. The van der Waals surface area contributed by atoms with Gasteiger partial charge in [-0.25, -0.2) is 5.43 Å². The molecular formula is C15H13IN2O2. The van der Waals surface area contributed by atoms with E-state index in [2.05, 4.69) is 33.1 Å². The molecule has 5 heteroatoms. The molecule has 0 bridgehead atoms. The minimum Gasteiger partial charge on any atom is -0.496 e. The topological polar surface area (TPSA) is 50.7 Å². The highest BCUT2D eigenvalue weighted by molar-refractivity contribution is 14.1. The normalized spacial score (nSPS) is 10.5. The summed E-state index contributed by atoms with van der Waals surface area (Å²) in [7, 11) is 1.53. The molecule has 0 aliphatic heterocycles. The lowest BCUT2D eigenvalue weighted by molar-refractivity contribution is 0.0952. The number of hydrogen-bond donors (Lipinski definition) is 1. The van der Waals surface area contributed by atoms with Crippen molar-refractivity contribution in [2.24, 2.45) is 5.10 Å². The quantitative estimate of drug-likeness (QED) is 0.504. The molecule has 0 aliphatic rings. The number of rotatable bonds is 4. The maximum absolute atomic E-state index is 12.0. The van der Waals surface area contributed by atoms with Crippen LogP contribution in [0, 0.1) is 3.57 Å². The number of nitrogens with zero attached hydrogens (tertiary/aromatic N) is 1. The van der Waals surface area contributed by atoms with Crippen LogP contribution in [0.25, 0.3) is 0 Å². The Morgan fingerprint density at radius 3 is 2.65 bits per heavy atom. The molecule has 1 amide bonds. The first-order chi connectivity index (χ1) is 9.72. The van der Waals surface area contributed by atoms with E-state index < -0.39 is 0 Å². The molecule has 0 spiro atoms. The minimum atomic E-state index is -0.301. The number of para-hydroxylation sites is 1. The zero-order valence-corrected chi connectivity index (χ0v) is 13.0. The Morgan fingerprint density at radius 1 is 1.20 bits per heavy atom. The first-order valence-corrected chi connectivity index (χ1v) is 7.01. The second-order valence-corrected chi connectivity index (χ2v) is 5.08. The van der Waals surface area contributed by atoms with Gasteiger partial charge in [-0.1, -0.05) is 30.3 Å². The van der Waals surface area contributed by atoms with Gasteiger partial charge in [0.25, 0.3) is 5.91 Å². The van der Waals surface area contributed by atoms with Crippen LogP contribution in [-0.4, -0.2) is 19.2 Å². The van der Waals surface area contributed by atoms with Gasteiger partial charge >= 0.3 is 0 Å². The Bertz CT molecular complexity index is 641. The number of nitrogens with one attached hydrogen (secondary N) is 1. The van der Waals surface area contributed by atoms with Crippen molar-refractivity contribution in [3.8, 4) is 5.75 Å². The van der Waals surface area contributed by atoms with E-state index in [1.165, 1.54) is 7.11 Å². The van der Waals surface area contributed by atoms with E-state index in [-0.39, 0.29) is 5.91 Å². The van der Waals surface area contributed by atoms with E-state index in [4.69, 9.17) is 4.74 Å². The molecule has 0 saturated carbocycles. The third kappa shape index (κ3) is 3.57. The molecule has 0 atom stereocenters. The van der Waals surface area contributed by atoms with Gasteiger partial charge in [-0.15, -0.1) is 0 Å². The van der Waals surface area contributed by atoms with E-state index in [1.54, 1.807) is 24.4 Å². The summed E-state index contributed by atoms with van der Waals surface area (Å²) in [6.45, 7) is 0. The van der Waals surface area contributed by atoms with Gasteiger partial charge in [0.05, 0.1) is 18.9 Å². The molecule has 0 unspecified atom stereocenters. The van der Waals surface area contributed by atoms with Crippen molar-refractivity contribution in [1.82, 2.24) is 5.43 Å². The monoisotopic (exact) mass is 380 g/mol. The predicted octanol–water partition coefficient (Wildman–Crippen LogP) is 3.06. The fourth-order valence-corrected chi connectivity index (χ4v) is 2.16. The summed E-state index contributed by atoms with van der Waals surface area (Å²) >= 11 is 2.22. The Balaban J connectivity index is 2.07. The summed E-state index contributed by atoms with van der Waals surface area (Å²) in [5, 5.41) is 3.97. The van der Waals surface area contributed by atoms with Crippen molar-refractivity contribution in [3.05, 3.63) is 63.2 Å². The molecule has 0 fully saturated rings. The lowest BCUT2D eigenvalue weighted by Gasteiger charge is -2.06. The van der Waals surface area contributed by atoms with Gasteiger partial charge < -0.3 is 4.74 Å². The fraction of sp³-hybridized carbons (Fsp3) is 0.0667. The molecule has 2 rings (SSSR count). The zero-order chi connectivity index (χ0) is 14.4. The Labute approximate surface area is 131 Å². The predicted molar refractivity (Wildman–Crippen MR) is 87.2 cm³/mol. The van der Waals surface area contributed by atoms with Gasteiger partial charge in [0.1, 0.15) is 5.75 Å². The minimum absolute atomic E-state index is 0.301. The van der Waals surface area contributed by atoms with Gasteiger partial charge in [-0.05, 0) is 40.8 Å². The summed E-state index contributed by atoms with van der Waals surface area (Å²) < 4.78 is 6.21. The molecule has 0 saturated heterocycles. The lowest BCUT2D eigenvalue weighted by Crippen LogP contribution is -2.18. The van der Waals surface area contributed by atoms with Gasteiger partial charge in [0.2, 0.25) is 0 Å². The van der Waals surface area contributed by atoms with Crippen LogP contribution < -0.4 is 10.2 Å². The number of hydrogen-bond acceptors (Lipinski definition) is 3. The molecule has 0 radical (unpaired) electrons. The molecule has 20 heavy (non-hydrogen) atoms. The first kappa shape index (κ1) is 14.5. The van der Waals surface area contributed by atoms with E-state index in [0.717, 1.165) is 9.13 Å². The van der Waals surface area contributed by atoms with Gasteiger partial charge in [0, 0.05) is 9.13 Å². The van der Waals surface area contributed by atoms with Gasteiger partial charge in [-0.3, -0.25) is 4.79 Å². The first-order valence-electron chi connectivity index (χ1n) is 5.93. The van der Waals surface area contributed by atoms with Crippen molar-refractivity contribution in [1.29, 1.82) is 0 Å². The average molecular weight is 380 g/mol. The summed E-state index contributed by atoms with van der Waals surface area (Å²) in [4.78, 5) is 12.0. The van der Waals surface area contributed by atoms with E-state index in [0.29, 0.717) is 11.3 Å². The molecule has 1 N–H and O–H groups in total. The van der Waals surface area contributed by atoms with Crippen LogP contribution >= 0.6 is 22.6 Å². The van der Waals surface area contributed by atoms with Crippen molar-refractivity contribution in [2.45, 2.75) is 0 Å². The van der Waals surface area contributed by atoms with E-state index in [9.17, 15) is 4.79 Å². The average Bonchev–Trinajstić information content (AvgIpc) is 2.49. The van der Waals surface area contributed by atoms with Crippen LogP contribution in [0.15, 0.2) is 53.6 Å². The third-order valence-corrected chi connectivity index (χ3v) is 3.61. The molecule has 4 nitrogen and oxygen atoms in total. The highest BCUT2D eigenvalue weighted by Crippen LogP contribution is 2.16. The summed E-state index contributed by atoms with van der Waals surface area (Å²) in [5.74, 6) is 0.221. The molecule has 0 aliphatic carbocycles. The lowest BCUT2D eigenvalue weighted by atomic mass is 10.2. The van der Waals surface area contributed by atoms with Crippen molar-refractivity contribution in [2.75, 3.05) is 7.11 Å². The van der Waals surface area contributed by atoms with E-state index in [1.807, 2.05) is 30.3 Å². The smallest absolute Gasteiger partial charge is 0.275 e. The summed E-state index contributed by atoms with van der Waals surface area (Å²) in [6.07, 6.45) is 1.62. The van der Waals surface area contributed by atoms with Crippen LogP contribution in [0.1, 0.15) is 15.9 Å². The van der Waals surface area contributed by atoms with Crippen LogP contribution in [0.2, 0.25) is 0 Å². The number of halogens is 1. The Kier molecular flexibility index (Phi) is 5.11. The second kappa shape index (κ2) is 7.04. The Morgan fingerprint density at radius 2 is 1.90 bits per heavy atom. The van der Waals surface area contributed by atoms with Crippen LogP contribution in [-0.2, 0) is 0 Å². The Hall–Kier alpha value is -1.89. The number of hydrazone groups is 1. The molecule has 0 aromatic heterocycles. The summed E-state index contributed by atoms with van der Waals surface area (Å²) in [6, 6.07) is 14.8. The van der Waals surface area contributed by atoms with Gasteiger partial charge in [0.15, 0.2) is 0 Å². The van der Waals surface area contributed by atoms with Crippen LogP contribution in [0.4, 0.5) is 0 Å².